The summed E-state index contributed by atoms with van der Waals surface area (Å²) in [4.78, 5) is 34.3. The third-order valence-electron chi connectivity index (χ3n) is 5.22. The standard InChI is InChI=1S/3C11H20O2.Ru/c3*1-10(2,3)8(12)7-9(13)11(4,5)6;/h3*7,12H,1-6H3;/p-3/b3*8-7-;. The van der Waals surface area contributed by atoms with Crippen molar-refractivity contribution in [1.82, 2.24) is 0 Å². The van der Waals surface area contributed by atoms with Crippen molar-refractivity contribution >= 4 is 17.3 Å². The molecule has 0 radical (unpaired) electrons. The fourth-order valence-corrected chi connectivity index (χ4v) is 1.66. The molecule has 0 N–H and O–H groups in total. The molecule has 7 heteroatoms. The molecule has 236 valence electrons. The number of carbonyl (C=O) groups excluding carboxylic acids is 3. The van der Waals surface area contributed by atoms with Crippen molar-refractivity contribution in [2.75, 3.05) is 0 Å². The van der Waals surface area contributed by atoms with Gasteiger partial charge in [-0.05, 0) is 34.5 Å². The molecule has 0 heterocycles. The molecule has 0 rings (SSSR count). The van der Waals surface area contributed by atoms with E-state index in [2.05, 4.69) is 0 Å². The van der Waals surface area contributed by atoms with E-state index in [1.807, 2.05) is 125 Å². The molecule has 6 nitrogen and oxygen atoms in total. The molecule has 0 aromatic carbocycles. The van der Waals surface area contributed by atoms with E-state index in [1.54, 1.807) is 0 Å². The van der Waals surface area contributed by atoms with E-state index in [4.69, 9.17) is 0 Å². The molecule has 0 saturated carbocycles. The molecule has 0 bridgehead atoms. The average Bonchev–Trinajstić information content (AvgIpc) is 2.64. The monoisotopic (exact) mass is 651 g/mol. The summed E-state index contributed by atoms with van der Waals surface area (Å²) in [6.07, 6.45) is 3.67. The summed E-state index contributed by atoms with van der Waals surface area (Å²) in [5.74, 6) is -0.625. The van der Waals surface area contributed by atoms with E-state index >= 15 is 0 Å². The van der Waals surface area contributed by atoms with Crippen molar-refractivity contribution in [1.29, 1.82) is 0 Å². The number of rotatable bonds is 3. The van der Waals surface area contributed by atoms with Crippen LogP contribution in [-0.4, -0.2) is 17.3 Å². The van der Waals surface area contributed by atoms with Gasteiger partial charge in [0.2, 0.25) is 0 Å². The van der Waals surface area contributed by atoms with Gasteiger partial charge in [0.25, 0.3) is 0 Å². The van der Waals surface area contributed by atoms with Crippen molar-refractivity contribution in [2.24, 2.45) is 32.5 Å². The van der Waals surface area contributed by atoms with Gasteiger partial charge >= 0.3 is 0 Å². The first kappa shape index (κ1) is 45.2. The van der Waals surface area contributed by atoms with E-state index < -0.39 is 32.5 Å². The second-order valence-corrected chi connectivity index (χ2v) is 16.1. The molecule has 0 atom stereocenters. The molecular weight excluding hydrogens is 593 g/mol. The van der Waals surface area contributed by atoms with Gasteiger partial charge in [-0.15, -0.1) is 17.3 Å². The summed E-state index contributed by atoms with van der Waals surface area (Å²) in [5, 5.41) is 34.3. The summed E-state index contributed by atoms with van der Waals surface area (Å²) in [5.41, 5.74) is -2.74. The number of carbonyl (C=O) groups is 3. The zero-order valence-electron chi connectivity index (χ0n) is 28.5. The molecule has 0 spiro atoms. The molecule has 0 aromatic rings. The second kappa shape index (κ2) is 16.0. The number of hydrogen-bond donors (Lipinski definition) is 0. The Morgan fingerprint density at radius 2 is 0.475 bits per heavy atom. The van der Waals surface area contributed by atoms with Crippen LogP contribution in [0.1, 0.15) is 125 Å². The van der Waals surface area contributed by atoms with E-state index in [1.165, 1.54) is 18.2 Å². The smallest absolute Gasteiger partial charge is 0.160 e. The van der Waals surface area contributed by atoms with Crippen LogP contribution in [0.2, 0.25) is 0 Å². The molecule has 0 saturated heterocycles. The molecule has 0 fully saturated rings. The maximum atomic E-state index is 11.4. The van der Waals surface area contributed by atoms with Crippen molar-refractivity contribution in [3.8, 4) is 0 Å². The maximum absolute atomic E-state index is 11.4. The summed E-state index contributed by atoms with van der Waals surface area (Å²) in [6, 6.07) is 0. The van der Waals surface area contributed by atoms with Crippen molar-refractivity contribution < 1.29 is 49.2 Å². The third kappa shape index (κ3) is 21.1. The van der Waals surface area contributed by atoms with E-state index in [0.717, 1.165) is 0 Å². The van der Waals surface area contributed by atoms with Gasteiger partial charge < -0.3 is 15.3 Å². The Labute approximate surface area is 258 Å². The second-order valence-electron chi connectivity index (χ2n) is 16.1. The molecular formula is C33H57O6Ru-3. The SMILES string of the molecule is CC(C)(C)C(=O)/C=C(\[O-])C(C)(C)C.CC(C)(C)C(=O)/C=C(\[O-])C(C)(C)C.CC(C)(C)C(=O)/C=C(\[O-])C(C)(C)C.[Ru]. The van der Waals surface area contributed by atoms with Crippen LogP contribution in [0.25, 0.3) is 0 Å². The molecule has 0 aliphatic rings. The first-order chi connectivity index (χ1) is 16.6. The maximum Gasteiger partial charge on any atom is 0.160 e. The van der Waals surface area contributed by atoms with Crippen molar-refractivity contribution in [3.05, 3.63) is 35.5 Å². The Bertz CT molecular complexity index is 801. The molecule has 0 unspecified atom stereocenters. The number of ketones is 3. The Morgan fingerprint density at radius 1 is 0.350 bits per heavy atom. The Morgan fingerprint density at radius 3 is 0.550 bits per heavy atom. The normalized spacial score (nSPS) is 14.1. The van der Waals surface area contributed by atoms with Crippen LogP contribution in [0.5, 0.6) is 0 Å². The van der Waals surface area contributed by atoms with Gasteiger partial charge in [0, 0.05) is 35.7 Å². The van der Waals surface area contributed by atoms with Crippen LogP contribution >= 0.6 is 0 Å². The first-order valence-electron chi connectivity index (χ1n) is 13.5. The molecule has 0 aromatic heterocycles. The van der Waals surface area contributed by atoms with Gasteiger partial charge in [-0.25, -0.2) is 0 Å². The van der Waals surface area contributed by atoms with Crippen LogP contribution in [0.3, 0.4) is 0 Å². The van der Waals surface area contributed by atoms with Crippen LogP contribution in [-0.2, 0) is 33.9 Å². The van der Waals surface area contributed by atoms with Gasteiger partial charge in [-0.3, -0.25) is 14.4 Å². The van der Waals surface area contributed by atoms with Crippen molar-refractivity contribution in [2.45, 2.75) is 125 Å². The predicted molar refractivity (Wildman–Crippen MR) is 156 cm³/mol. The Hall–Kier alpha value is -1.75. The van der Waals surface area contributed by atoms with Gasteiger partial charge in [-0.2, -0.15) is 0 Å². The van der Waals surface area contributed by atoms with Gasteiger partial charge in [0.1, 0.15) is 0 Å². The summed E-state index contributed by atoms with van der Waals surface area (Å²) in [7, 11) is 0. The van der Waals surface area contributed by atoms with Crippen LogP contribution in [0, 0.1) is 32.5 Å². The van der Waals surface area contributed by atoms with Gasteiger partial charge in [0.05, 0.1) is 0 Å². The zero-order chi connectivity index (χ0) is 32.6. The summed E-state index contributed by atoms with van der Waals surface area (Å²) >= 11 is 0. The van der Waals surface area contributed by atoms with Gasteiger partial charge in [0.15, 0.2) is 17.3 Å². The minimum Gasteiger partial charge on any atom is -0.875 e. The van der Waals surface area contributed by atoms with Crippen LogP contribution < -0.4 is 15.3 Å². The number of hydrogen-bond acceptors (Lipinski definition) is 6. The van der Waals surface area contributed by atoms with Crippen LogP contribution in [0.15, 0.2) is 35.5 Å². The van der Waals surface area contributed by atoms with E-state index in [0.29, 0.717) is 0 Å². The largest absolute Gasteiger partial charge is 0.875 e. The minimum atomic E-state index is -0.457. The van der Waals surface area contributed by atoms with E-state index in [-0.39, 0.29) is 54.1 Å². The Balaban J connectivity index is -0.000000240. The number of allylic oxidation sites excluding steroid dienone is 6. The minimum absolute atomic E-state index is 0. The van der Waals surface area contributed by atoms with E-state index in [9.17, 15) is 29.7 Å². The van der Waals surface area contributed by atoms with Gasteiger partial charge in [-0.1, -0.05) is 125 Å². The fourth-order valence-electron chi connectivity index (χ4n) is 1.66. The average molecular weight is 651 g/mol. The zero-order valence-corrected chi connectivity index (χ0v) is 30.3. The first-order valence-corrected chi connectivity index (χ1v) is 13.5. The molecule has 40 heavy (non-hydrogen) atoms. The molecule has 0 aliphatic carbocycles. The van der Waals surface area contributed by atoms with Crippen molar-refractivity contribution in [3.63, 3.8) is 0 Å². The summed E-state index contributed by atoms with van der Waals surface area (Å²) in [6.45, 7) is 32.5. The quantitative estimate of drug-likeness (QED) is 0.220. The topological polar surface area (TPSA) is 120 Å². The Kier molecular flexibility index (Phi) is 18.1. The molecule has 0 aliphatic heterocycles. The van der Waals surface area contributed by atoms with Crippen LogP contribution in [0.4, 0.5) is 0 Å². The molecule has 0 amide bonds. The fraction of sp³-hybridized carbons (Fsp3) is 0.727. The summed E-state index contributed by atoms with van der Waals surface area (Å²) < 4.78 is 0. The third-order valence-corrected chi connectivity index (χ3v) is 5.22. The predicted octanol–water partition coefficient (Wildman–Crippen LogP) is 5.67.